The van der Waals surface area contributed by atoms with Gasteiger partial charge in [0, 0.05) is 46.7 Å². The lowest BCUT2D eigenvalue weighted by atomic mass is 10.00. The molecule has 2 aliphatic rings. The summed E-state index contributed by atoms with van der Waals surface area (Å²) in [6.07, 6.45) is 2.58. The summed E-state index contributed by atoms with van der Waals surface area (Å²) >= 11 is 1.77. The number of aryl methyl sites for hydroxylation is 1. The van der Waals surface area contributed by atoms with Crippen molar-refractivity contribution in [1.82, 2.24) is 15.5 Å². The lowest BCUT2D eigenvalue weighted by molar-refractivity contribution is -0.137. The number of rotatable bonds is 11. The van der Waals surface area contributed by atoms with Gasteiger partial charge in [-0.05, 0) is 86.1 Å². The summed E-state index contributed by atoms with van der Waals surface area (Å²) in [5, 5.41) is 20.0. The van der Waals surface area contributed by atoms with Crippen LogP contribution in [0.5, 0.6) is 0 Å². The third-order valence-corrected chi connectivity index (χ3v) is 9.83. The van der Waals surface area contributed by atoms with Crippen LogP contribution in [0.25, 0.3) is 10.4 Å². The van der Waals surface area contributed by atoms with Crippen LogP contribution in [0.15, 0.2) is 54.6 Å². The van der Waals surface area contributed by atoms with Crippen LogP contribution >= 0.6 is 11.3 Å². The number of aliphatic hydroxyl groups is 1. The Balaban J connectivity index is 1.17. The second kappa shape index (κ2) is 13.6. The fourth-order valence-electron chi connectivity index (χ4n) is 5.77. The number of nitrogens with two attached hydrogens (primary N) is 1. The minimum absolute atomic E-state index is 0.00699. The van der Waals surface area contributed by atoms with Gasteiger partial charge in [0.05, 0.1) is 24.2 Å². The first-order valence-electron chi connectivity index (χ1n) is 15.4. The van der Waals surface area contributed by atoms with Crippen LogP contribution in [0.1, 0.15) is 72.4 Å². The number of thiophene rings is 1. The van der Waals surface area contributed by atoms with Crippen LogP contribution in [-0.4, -0.2) is 59.1 Å². The Kier molecular flexibility index (Phi) is 9.86. The number of amides is 2. The van der Waals surface area contributed by atoms with E-state index >= 15 is 0 Å². The average molecular weight is 604 g/mol. The van der Waals surface area contributed by atoms with Crippen LogP contribution < -0.4 is 21.7 Å². The first-order chi connectivity index (χ1) is 20.6. The Bertz CT molecular complexity index is 1430. The molecule has 2 heterocycles. The quantitative estimate of drug-likeness (QED) is 0.214. The molecule has 5 rings (SSSR count). The van der Waals surface area contributed by atoms with E-state index in [0.717, 1.165) is 48.2 Å². The zero-order valence-electron chi connectivity index (χ0n) is 25.6. The molecule has 2 aromatic carbocycles. The van der Waals surface area contributed by atoms with Crippen molar-refractivity contribution in [3.63, 3.8) is 0 Å². The van der Waals surface area contributed by atoms with Crippen molar-refractivity contribution in [3.8, 4) is 10.4 Å². The summed E-state index contributed by atoms with van der Waals surface area (Å²) in [6, 6.07) is 18.4. The van der Waals surface area contributed by atoms with Gasteiger partial charge in [-0.2, -0.15) is 0 Å². The molecule has 1 saturated heterocycles. The summed E-state index contributed by atoms with van der Waals surface area (Å²) in [7, 11) is 0. The summed E-state index contributed by atoms with van der Waals surface area (Å²) in [4.78, 5) is 30.1. The van der Waals surface area contributed by atoms with E-state index in [4.69, 9.17) is 5.73 Å². The van der Waals surface area contributed by atoms with Crippen LogP contribution in [0.4, 0.5) is 5.69 Å². The number of carbonyl (C=O) groups is 2. The van der Waals surface area contributed by atoms with Crippen LogP contribution in [0, 0.1) is 12.8 Å². The number of likely N-dealkylation sites (tertiary alicyclic amines) is 1. The Hall–Kier alpha value is -3.24. The number of aliphatic hydroxyl groups excluding tert-OH is 1. The highest BCUT2D eigenvalue weighted by Crippen LogP contribution is 2.31. The maximum atomic E-state index is 13.4. The Labute approximate surface area is 259 Å². The Morgan fingerprint density at radius 2 is 1.84 bits per heavy atom. The number of hydrogen-bond donors (Lipinski definition) is 5. The van der Waals surface area contributed by atoms with E-state index in [0.29, 0.717) is 24.7 Å². The highest BCUT2D eigenvalue weighted by Gasteiger charge is 2.34. The average Bonchev–Trinajstić information content (AvgIpc) is 3.62. The van der Waals surface area contributed by atoms with Gasteiger partial charge in [-0.25, -0.2) is 0 Å². The van der Waals surface area contributed by atoms with Crippen molar-refractivity contribution in [2.24, 2.45) is 11.7 Å². The molecule has 0 spiro atoms. The molecule has 1 aromatic heterocycles. The van der Waals surface area contributed by atoms with Crippen molar-refractivity contribution in [2.75, 3.05) is 18.4 Å². The second-order valence-electron chi connectivity index (χ2n) is 12.5. The van der Waals surface area contributed by atoms with Crippen molar-refractivity contribution in [1.29, 1.82) is 0 Å². The zero-order valence-corrected chi connectivity index (χ0v) is 26.4. The fourth-order valence-corrected chi connectivity index (χ4v) is 6.73. The SMILES string of the molecule is Cc1ccc(NC2CN(C(=O)C(N)C(C)C)C2)cc1C(=O)NC(C)c1cccc(-c2ccc(CN[C@H]3CC[C@@H](O)C3)s2)c1. The Morgan fingerprint density at radius 1 is 1.05 bits per heavy atom. The molecule has 43 heavy (non-hydrogen) atoms. The van der Waals surface area contributed by atoms with E-state index in [1.54, 1.807) is 16.2 Å². The minimum Gasteiger partial charge on any atom is -0.393 e. The summed E-state index contributed by atoms with van der Waals surface area (Å²) in [5.74, 6) is -0.0155. The highest BCUT2D eigenvalue weighted by atomic mass is 32.1. The first kappa shape index (κ1) is 31.2. The molecule has 1 aliphatic carbocycles. The summed E-state index contributed by atoms with van der Waals surface area (Å²) < 4.78 is 0. The van der Waals surface area contributed by atoms with E-state index in [1.165, 1.54) is 9.75 Å². The topological polar surface area (TPSA) is 120 Å². The molecule has 3 aromatic rings. The highest BCUT2D eigenvalue weighted by molar-refractivity contribution is 7.15. The summed E-state index contributed by atoms with van der Waals surface area (Å²) in [6.45, 7) is 9.89. The molecule has 9 heteroatoms. The van der Waals surface area contributed by atoms with E-state index in [-0.39, 0.29) is 35.9 Å². The largest absolute Gasteiger partial charge is 0.393 e. The van der Waals surface area contributed by atoms with Crippen LogP contribution in [0.2, 0.25) is 0 Å². The molecule has 2 unspecified atom stereocenters. The second-order valence-corrected chi connectivity index (χ2v) is 13.7. The Morgan fingerprint density at radius 3 is 2.56 bits per heavy atom. The number of nitrogens with zero attached hydrogens (tertiary/aromatic N) is 1. The van der Waals surface area contributed by atoms with E-state index in [1.807, 2.05) is 52.0 Å². The van der Waals surface area contributed by atoms with Gasteiger partial charge in [-0.15, -0.1) is 11.3 Å². The van der Waals surface area contributed by atoms with Gasteiger partial charge in [0.15, 0.2) is 0 Å². The van der Waals surface area contributed by atoms with Gasteiger partial charge in [0.25, 0.3) is 5.91 Å². The smallest absolute Gasteiger partial charge is 0.252 e. The van der Waals surface area contributed by atoms with E-state index < -0.39 is 6.04 Å². The molecule has 2 amide bonds. The molecule has 230 valence electrons. The standard InChI is InChI=1S/C34H45N5O3S/c1-20(2)32(35)34(42)39-18-27(19-39)38-26-9-8-21(3)30(16-26)33(41)37-22(4)23-6-5-7-24(14-23)31-13-12-29(43-31)17-36-25-10-11-28(40)15-25/h5-9,12-14,16,20,22,25,27-28,32,36,38,40H,10-11,15,17-19,35H2,1-4H3,(H,37,41)/t22?,25-,28+,32?/m0/s1. The zero-order chi connectivity index (χ0) is 30.7. The molecule has 0 bridgehead atoms. The molecule has 2 fully saturated rings. The molecule has 8 nitrogen and oxygen atoms in total. The molecule has 1 saturated carbocycles. The third kappa shape index (κ3) is 7.65. The van der Waals surface area contributed by atoms with E-state index in [2.05, 4.69) is 46.3 Å². The van der Waals surface area contributed by atoms with Crippen molar-refractivity contribution >= 4 is 28.8 Å². The fraction of sp³-hybridized carbons (Fsp3) is 0.471. The van der Waals surface area contributed by atoms with Crippen LogP contribution in [0.3, 0.4) is 0 Å². The van der Waals surface area contributed by atoms with E-state index in [9.17, 15) is 14.7 Å². The molecule has 4 atom stereocenters. The predicted octanol–water partition coefficient (Wildman–Crippen LogP) is 4.82. The van der Waals surface area contributed by atoms with Gasteiger partial charge < -0.3 is 31.7 Å². The third-order valence-electron chi connectivity index (χ3n) is 8.70. The first-order valence-corrected chi connectivity index (χ1v) is 16.2. The minimum atomic E-state index is -0.471. The van der Waals surface area contributed by atoms with Crippen LogP contribution in [-0.2, 0) is 11.3 Å². The normalized spacial score (nSPS) is 20.1. The number of nitrogens with one attached hydrogen (secondary N) is 3. The molecule has 6 N–H and O–H groups in total. The van der Waals surface area contributed by atoms with Gasteiger partial charge in [-0.3, -0.25) is 9.59 Å². The molecule has 0 radical (unpaired) electrons. The van der Waals surface area contributed by atoms with Crippen molar-refractivity contribution in [3.05, 3.63) is 76.2 Å². The van der Waals surface area contributed by atoms with Crippen molar-refractivity contribution in [2.45, 2.75) is 83.8 Å². The maximum absolute atomic E-state index is 13.4. The van der Waals surface area contributed by atoms with Gasteiger partial charge in [-0.1, -0.05) is 38.1 Å². The lowest BCUT2D eigenvalue weighted by Gasteiger charge is -2.41. The lowest BCUT2D eigenvalue weighted by Crippen LogP contribution is -2.61. The number of anilines is 1. The van der Waals surface area contributed by atoms with Gasteiger partial charge >= 0.3 is 0 Å². The maximum Gasteiger partial charge on any atom is 0.252 e. The molecular weight excluding hydrogens is 558 g/mol. The van der Waals surface area contributed by atoms with Crippen molar-refractivity contribution < 1.29 is 14.7 Å². The van der Waals surface area contributed by atoms with Gasteiger partial charge in [0.2, 0.25) is 5.91 Å². The number of hydrogen-bond acceptors (Lipinski definition) is 7. The summed E-state index contributed by atoms with van der Waals surface area (Å²) in [5.41, 5.74) is 10.6. The van der Waals surface area contributed by atoms with Gasteiger partial charge in [0.1, 0.15) is 0 Å². The molecular formula is C34H45N5O3S. The number of benzene rings is 2. The monoisotopic (exact) mass is 603 g/mol. The molecule has 1 aliphatic heterocycles. The predicted molar refractivity (Wildman–Crippen MR) is 174 cm³/mol. The number of carbonyl (C=O) groups excluding carboxylic acids is 2.